The fraction of sp³-hybridized carbons (Fsp3) is 0.231. The van der Waals surface area contributed by atoms with Gasteiger partial charge < -0.3 is 15.5 Å². The molecule has 0 spiro atoms. The molecule has 0 saturated carbocycles. The van der Waals surface area contributed by atoms with Crippen LogP contribution in [0.4, 0.5) is 5.82 Å². The summed E-state index contributed by atoms with van der Waals surface area (Å²) >= 11 is 6.01. The largest absolute Gasteiger partial charge is 0.478 e. The molecule has 2 heterocycles. The second kappa shape index (κ2) is 13.2. The summed E-state index contributed by atoms with van der Waals surface area (Å²) < 4.78 is 0. The first kappa shape index (κ1) is 25.9. The monoisotopic (exact) mass is 494 g/mol. The molecule has 0 atom stereocenters. The Morgan fingerprint density at radius 2 is 1.74 bits per heavy atom. The lowest BCUT2D eigenvalue weighted by Crippen LogP contribution is -2.30. The number of carboxylic acid groups (broad SMARTS) is 2. The number of carboxylic acids is 2. The van der Waals surface area contributed by atoms with Gasteiger partial charge in [0.2, 0.25) is 0 Å². The van der Waals surface area contributed by atoms with Crippen LogP contribution in [0, 0.1) is 0 Å². The Morgan fingerprint density at radius 1 is 1.03 bits per heavy atom. The first-order chi connectivity index (χ1) is 16.9. The van der Waals surface area contributed by atoms with Crippen molar-refractivity contribution in [1.82, 2.24) is 14.9 Å². The molecule has 35 heavy (non-hydrogen) atoms. The summed E-state index contributed by atoms with van der Waals surface area (Å²) in [5.41, 5.74) is 2.85. The lowest BCUT2D eigenvalue weighted by atomic mass is 9.94. The van der Waals surface area contributed by atoms with Crippen LogP contribution < -0.4 is 5.32 Å². The van der Waals surface area contributed by atoms with Gasteiger partial charge in [-0.1, -0.05) is 60.1 Å². The third-order valence-electron chi connectivity index (χ3n) is 5.39. The zero-order valence-electron chi connectivity index (χ0n) is 19.1. The third kappa shape index (κ3) is 8.20. The summed E-state index contributed by atoms with van der Waals surface area (Å²) in [6.07, 6.45) is 8.89. The molecule has 1 aliphatic heterocycles. The summed E-state index contributed by atoms with van der Waals surface area (Å²) in [5.74, 6) is -1.85. The molecule has 3 aromatic rings. The average Bonchev–Trinajstić information content (AvgIpc) is 2.87. The van der Waals surface area contributed by atoms with Crippen molar-refractivity contribution in [3.05, 3.63) is 83.8 Å². The van der Waals surface area contributed by atoms with Crippen LogP contribution in [-0.2, 0) is 9.59 Å². The minimum absolute atomic E-state index is 0.429. The van der Waals surface area contributed by atoms with Gasteiger partial charge in [0.05, 0.1) is 0 Å². The van der Waals surface area contributed by atoms with E-state index in [9.17, 15) is 9.59 Å². The minimum atomic E-state index is -1.26. The number of rotatable bonds is 8. The van der Waals surface area contributed by atoms with Crippen LogP contribution in [0.3, 0.4) is 0 Å². The average molecular weight is 495 g/mol. The maximum Gasteiger partial charge on any atom is 0.328 e. The quantitative estimate of drug-likeness (QED) is 0.307. The van der Waals surface area contributed by atoms with Gasteiger partial charge in [-0.25, -0.2) is 19.6 Å². The maximum atomic E-state index is 9.55. The fourth-order valence-electron chi connectivity index (χ4n) is 3.76. The Hall–Kier alpha value is -3.75. The Bertz CT molecular complexity index is 1210. The Morgan fingerprint density at radius 3 is 2.43 bits per heavy atom. The molecule has 0 radical (unpaired) electrons. The Kier molecular flexibility index (Phi) is 9.77. The zero-order chi connectivity index (χ0) is 25.0. The molecule has 1 aliphatic rings. The lowest BCUT2D eigenvalue weighted by molar-refractivity contribution is -0.134. The topological polar surface area (TPSA) is 116 Å². The van der Waals surface area contributed by atoms with Gasteiger partial charge in [-0.05, 0) is 34.8 Å². The highest BCUT2D eigenvalue weighted by molar-refractivity contribution is 6.31. The molecule has 4 rings (SSSR count). The lowest BCUT2D eigenvalue weighted by Gasteiger charge is -2.27. The van der Waals surface area contributed by atoms with Crippen LogP contribution in [0.2, 0.25) is 5.15 Å². The highest BCUT2D eigenvalue weighted by atomic mass is 35.5. The number of halogens is 1. The number of hydrogen-bond donors (Lipinski definition) is 3. The van der Waals surface area contributed by atoms with Crippen LogP contribution in [0.1, 0.15) is 18.4 Å². The van der Waals surface area contributed by atoms with Crippen LogP contribution in [0.15, 0.2) is 73.1 Å². The van der Waals surface area contributed by atoms with Crippen LogP contribution in [0.5, 0.6) is 0 Å². The van der Waals surface area contributed by atoms with Crippen molar-refractivity contribution in [3.8, 4) is 0 Å². The first-order valence-electron chi connectivity index (χ1n) is 11.2. The van der Waals surface area contributed by atoms with E-state index in [1.165, 1.54) is 21.9 Å². The predicted molar refractivity (Wildman–Crippen MR) is 138 cm³/mol. The standard InChI is InChI=1S/C22H23ClN4.C4H4O4/c23-21-22(26-13-12-24-21)25-11-4-14-27-15-9-18(10-16-27)20-8-3-6-17-5-1-2-7-19(17)20;5-3(6)1-2-4(7)8/h1-3,5-9,12-13H,4,10-11,14-16H2,(H,25,26);1-2H,(H,5,6)(H,7,8)/b;2-1+. The Balaban J connectivity index is 0.000000371. The van der Waals surface area contributed by atoms with E-state index in [1.54, 1.807) is 12.4 Å². The molecule has 3 N–H and O–H groups in total. The van der Waals surface area contributed by atoms with Crippen molar-refractivity contribution in [3.63, 3.8) is 0 Å². The van der Waals surface area contributed by atoms with Gasteiger partial charge >= 0.3 is 11.9 Å². The van der Waals surface area contributed by atoms with E-state index in [0.29, 0.717) is 23.1 Å². The minimum Gasteiger partial charge on any atom is -0.478 e. The van der Waals surface area contributed by atoms with Crippen LogP contribution in [0.25, 0.3) is 16.3 Å². The molecule has 0 saturated heterocycles. The number of anilines is 1. The predicted octanol–water partition coefficient (Wildman–Crippen LogP) is 4.59. The van der Waals surface area contributed by atoms with Gasteiger partial charge in [0.15, 0.2) is 11.0 Å². The summed E-state index contributed by atoms with van der Waals surface area (Å²) in [6.45, 7) is 4.00. The molecule has 0 aliphatic carbocycles. The molecule has 9 heteroatoms. The van der Waals surface area contributed by atoms with Crippen molar-refractivity contribution in [2.75, 3.05) is 31.5 Å². The van der Waals surface area contributed by atoms with Gasteiger partial charge in [0.1, 0.15) is 0 Å². The number of nitrogens with zero attached hydrogens (tertiary/aromatic N) is 3. The number of aliphatic carboxylic acids is 2. The van der Waals surface area contributed by atoms with E-state index < -0.39 is 11.9 Å². The highest BCUT2D eigenvalue weighted by Gasteiger charge is 2.14. The van der Waals surface area contributed by atoms with Crippen molar-refractivity contribution < 1.29 is 19.8 Å². The number of carbonyl (C=O) groups is 2. The molecule has 1 aromatic heterocycles. The number of nitrogens with one attached hydrogen (secondary N) is 1. The summed E-state index contributed by atoms with van der Waals surface area (Å²) in [6, 6.07) is 15.2. The van der Waals surface area contributed by atoms with Gasteiger partial charge in [-0.2, -0.15) is 0 Å². The molecular formula is C26H27ClN4O4. The molecule has 0 fully saturated rings. The number of aromatic nitrogens is 2. The smallest absolute Gasteiger partial charge is 0.328 e. The fourth-order valence-corrected chi connectivity index (χ4v) is 3.93. The summed E-state index contributed by atoms with van der Waals surface area (Å²) in [7, 11) is 0. The van der Waals surface area contributed by atoms with Crippen molar-refractivity contribution in [1.29, 1.82) is 0 Å². The number of fused-ring (bicyclic) bond motifs is 1. The SMILES string of the molecule is Clc1nccnc1NCCCN1CC=C(c2cccc3ccccc23)CC1.O=C(O)/C=C/C(=O)O. The van der Waals surface area contributed by atoms with Gasteiger partial charge in [0.25, 0.3) is 0 Å². The number of hydrogen-bond acceptors (Lipinski definition) is 6. The van der Waals surface area contributed by atoms with E-state index in [2.05, 4.69) is 68.7 Å². The van der Waals surface area contributed by atoms with E-state index in [-0.39, 0.29) is 0 Å². The zero-order valence-corrected chi connectivity index (χ0v) is 19.9. The first-order valence-corrected chi connectivity index (χ1v) is 11.6. The second-order valence-electron chi connectivity index (χ2n) is 7.79. The molecule has 0 unspecified atom stereocenters. The van der Waals surface area contributed by atoms with Crippen LogP contribution in [-0.4, -0.2) is 63.2 Å². The summed E-state index contributed by atoms with van der Waals surface area (Å²) in [5, 5.41) is 22.0. The normalized spacial score (nSPS) is 13.7. The van der Waals surface area contributed by atoms with Crippen molar-refractivity contribution in [2.24, 2.45) is 0 Å². The van der Waals surface area contributed by atoms with Gasteiger partial charge in [0, 0.05) is 50.7 Å². The molecule has 0 amide bonds. The Labute approximate surface area is 208 Å². The highest BCUT2D eigenvalue weighted by Crippen LogP contribution is 2.29. The second-order valence-corrected chi connectivity index (χ2v) is 8.15. The van der Waals surface area contributed by atoms with E-state index in [0.717, 1.165) is 39.0 Å². The molecule has 2 aromatic carbocycles. The van der Waals surface area contributed by atoms with Crippen molar-refractivity contribution >= 4 is 45.7 Å². The summed E-state index contributed by atoms with van der Waals surface area (Å²) in [4.78, 5) is 29.8. The number of benzene rings is 2. The van der Waals surface area contributed by atoms with E-state index >= 15 is 0 Å². The third-order valence-corrected chi connectivity index (χ3v) is 5.67. The van der Waals surface area contributed by atoms with Crippen LogP contribution >= 0.6 is 11.6 Å². The molecule has 8 nitrogen and oxygen atoms in total. The molecule has 182 valence electrons. The van der Waals surface area contributed by atoms with E-state index in [1.807, 2.05) is 0 Å². The van der Waals surface area contributed by atoms with Gasteiger partial charge in [-0.3, -0.25) is 4.90 Å². The van der Waals surface area contributed by atoms with Gasteiger partial charge in [-0.15, -0.1) is 0 Å². The van der Waals surface area contributed by atoms with Crippen molar-refractivity contribution in [2.45, 2.75) is 12.8 Å². The molecular weight excluding hydrogens is 468 g/mol. The maximum absolute atomic E-state index is 9.55. The van der Waals surface area contributed by atoms with E-state index in [4.69, 9.17) is 21.8 Å². The molecule has 0 bridgehead atoms.